The van der Waals surface area contributed by atoms with Crippen molar-refractivity contribution in [3.8, 4) is 0 Å². The van der Waals surface area contributed by atoms with Gasteiger partial charge in [-0.05, 0) is 25.0 Å². The molecule has 1 aromatic rings. The second-order valence-electron chi connectivity index (χ2n) is 5.77. The third-order valence-corrected chi connectivity index (χ3v) is 3.73. The number of urea groups is 1. The first-order valence-electron chi connectivity index (χ1n) is 8.24. The number of carbonyl (C=O) groups excluding carboxylic acids is 4. The maximum atomic E-state index is 13.4. The molecular formula is C17H20FN3O5. The van der Waals surface area contributed by atoms with Crippen molar-refractivity contribution in [2.24, 2.45) is 0 Å². The number of likely N-dealkylation sites (tertiary alicyclic amines) is 1. The Morgan fingerprint density at radius 2 is 1.92 bits per heavy atom. The van der Waals surface area contributed by atoms with Crippen LogP contribution in [-0.2, 0) is 19.1 Å². The minimum atomic E-state index is -0.946. The number of imide groups is 1. The van der Waals surface area contributed by atoms with Gasteiger partial charge in [-0.2, -0.15) is 0 Å². The minimum Gasteiger partial charge on any atom is -0.454 e. The number of nitrogens with one attached hydrogen (secondary N) is 2. The van der Waals surface area contributed by atoms with Crippen molar-refractivity contribution in [2.45, 2.75) is 25.7 Å². The van der Waals surface area contributed by atoms with Crippen LogP contribution in [0.25, 0.3) is 0 Å². The standard InChI is InChI=1S/C17H20FN3O5/c18-12-6-3-4-7-13(12)19-17(25)20-14(22)11-26-16(24)10-21-9-5-1-2-8-15(21)23/h3-4,6-7H,1-2,5,8-11H2,(H2,19,20,22,25). The number of hydrogen-bond acceptors (Lipinski definition) is 5. The van der Waals surface area contributed by atoms with Crippen molar-refractivity contribution in [3.63, 3.8) is 0 Å². The van der Waals surface area contributed by atoms with Crippen LogP contribution in [0.4, 0.5) is 14.9 Å². The van der Waals surface area contributed by atoms with Crippen LogP contribution in [0.5, 0.6) is 0 Å². The van der Waals surface area contributed by atoms with Crippen LogP contribution in [-0.4, -0.2) is 48.4 Å². The normalized spacial score (nSPS) is 14.3. The van der Waals surface area contributed by atoms with Gasteiger partial charge in [-0.15, -0.1) is 0 Å². The zero-order valence-corrected chi connectivity index (χ0v) is 14.1. The summed E-state index contributed by atoms with van der Waals surface area (Å²) >= 11 is 0. The largest absolute Gasteiger partial charge is 0.454 e. The summed E-state index contributed by atoms with van der Waals surface area (Å²) in [5, 5.41) is 4.09. The molecule has 0 bridgehead atoms. The molecule has 1 aromatic carbocycles. The van der Waals surface area contributed by atoms with Gasteiger partial charge in [0.2, 0.25) is 5.91 Å². The topological polar surface area (TPSA) is 105 Å². The summed E-state index contributed by atoms with van der Waals surface area (Å²) in [5.41, 5.74) is -0.0885. The fourth-order valence-corrected chi connectivity index (χ4v) is 2.43. The van der Waals surface area contributed by atoms with E-state index >= 15 is 0 Å². The van der Waals surface area contributed by atoms with Crippen LogP contribution in [0, 0.1) is 5.82 Å². The van der Waals surface area contributed by atoms with Crippen LogP contribution in [0.3, 0.4) is 0 Å². The van der Waals surface area contributed by atoms with Crippen LogP contribution < -0.4 is 10.6 Å². The Balaban J connectivity index is 1.72. The predicted octanol–water partition coefficient (Wildman–Crippen LogP) is 1.42. The highest BCUT2D eigenvalue weighted by atomic mass is 19.1. The second kappa shape index (κ2) is 9.50. The third kappa shape index (κ3) is 6.15. The highest BCUT2D eigenvalue weighted by Gasteiger charge is 2.20. The lowest BCUT2D eigenvalue weighted by molar-refractivity contribution is -0.152. The van der Waals surface area contributed by atoms with Crippen LogP contribution in [0.1, 0.15) is 25.7 Å². The van der Waals surface area contributed by atoms with E-state index in [0.29, 0.717) is 13.0 Å². The van der Waals surface area contributed by atoms with Gasteiger partial charge in [-0.3, -0.25) is 19.7 Å². The van der Waals surface area contributed by atoms with Gasteiger partial charge in [0.25, 0.3) is 5.91 Å². The molecule has 0 aromatic heterocycles. The summed E-state index contributed by atoms with van der Waals surface area (Å²) in [6.45, 7) is -0.426. The number of ether oxygens (including phenoxy) is 1. The molecule has 0 radical (unpaired) electrons. The maximum Gasteiger partial charge on any atom is 0.326 e. The van der Waals surface area contributed by atoms with Crippen molar-refractivity contribution in [1.29, 1.82) is 0 Å². The van der Waals surface area contributed by atoms with Gasteiger partial charge < -0.3 is 15.0 Å². The van der Waals surface area contributed by atoms with Gasteiger partial charge in [0.05, 0.1) is 5.69 Å². The van der Waals surface area contributed by atoms with E-state index in [2.05, 4.69) is 5.32 Å². The number of carbonyl (C=O) groups is 4. The number of rotatable bonds is 5. The van der Waals surface area contributed by atoms with Gasteiger partial charge in [0.15, 0.2) is 6.61 Å². The van der Waals surface area contributed by atoms with E-state index in [-0.39, 0.29) is 18.1 Å². The molecule has 0 unspecified atom stereocenters. The molecule has 26 heavy (non-hydrogen) atoms. The molecule has 4 amide bonds. The zero-order chi connectivity index (χ0) is 18.9. The summed E-state index contributed by atoms with van der Waals surface area (Å²) in [7, 11) is 0. The number of esters is 1. The predicted molar refractivity (Wildman–Crippen MR) is 89.6 cm³/mol. The SMILES string of the molecule is O=C(COC(=O)CN1CCCCCC1=O)NC(=O)Nc1ccccc1F. The zero-order valence-electron chi connectivity index (χ0n) is 14.1. The molecule has 1 aliphatic rings. The number of amides is 4. The molecule has 1 heterocycles. The maximum absolute atomic E-state index is 13.4. The third-order valence-electron chi connectivity index (χ3n) is 3.73. The Kier molecular flexibility index (Phi) is 7.07. The van der Waals surface area contributed by atoms with E-state index < -0.39 is 30.3 Å². The van der Waals surface area contributed by atoms with Gasteiger partial charge in [0.1, 0.15) is 12.4 Å². The highest BCUT2D eigenvalue weighted by Crippen LogP contribution is 2.12. The lowest BCUT2D eigenvalue weighted by Gasteiger charge is -2.19. The molecule has 0 aliphatic carbocycles. The van der Waals surface area contributed by atoms with E-state index in [1.807, 2.05) is 5.32 Å². The first-order chi connectivity index (χ1) is 12.5. The average molecular weight is 365 g/mol. The quantitative estimate of drug-likeness (QED) is 0.768. The lowest BCUT2D eigenvalue weighted by Crippen LogP contribution is -2.39. The first kappa shape index (κ1) is 19.4. The number of benzene rings is 1. The summed E-state index contributed by atoms with van der Waals surface area (Å²) < 4.78 is 18.2. The van der Waals surface area contributed by atoms with E-state index in [4.69, 9.17) is 4.74 Å². The molecule has 140 valence electrons. The van der Waals surface area contributed by atoms with Crippen molar-refractivity contribution in [3.05, 3.63) is 30.1 Å². The molecule has 0 spiro atoms. The molecule has 0 atom stereocenters. The molecule has 1 saturated heterocycles. The highest BCUT2D eigenvalue weighted by molar-refractivity contribution is 6.02. The monoisotopic (exact) mass is 365 g/mol. The number of para-hydroxylation sites is 1. The van der Waals surface area contributed by atoms with E-state index in [9.17, 15) is 23.6 Å². The molecular weight excluding hydrogens is 345 g/mol. The molecule has 0 saturated carbocycles. The van der Waals surface area contributed by atoms with Crippen LogP contribution >= 0.6 is 0 Å². The Morgan fingerprint density at radius 3 is 2.69 bits per heavy atom. The van der Waals surface area contributed by atoms with E-state index in [1.54, 1.807) is 0 Å². The number of nitrogens with zero attached hydrogens (tertiary/aromatic N) is 1. The van der Waals surface area contributed by atoms with Crippen molar-refractivity contribution < 1.29 is 28.3 Å². The number of hydrogen-bond donors (Lipinski definition) is 2. The molecule has 2 rings (SSSR count). The number of anilines is 1. The van der Waals surface area contributed by atoms with Gasteiger partial charge in [-0.25, -0.2) is 9.18 Å². The summed E-state index contributed by atoms with van der Waals surface area (Å²) in [6.07, 6.45) is 2.93. The Labute approximate surface area is 149 Å². The molecule has 1 aliphatic heterocycles. The fraction of sp³-hybridized carbons (Fsp3) is 0.412. The minimum absolute atomic E-state index is 0.0885. The van der Waals surface area contributed by atoms with Crippen molar-refractivity contribution in [2.75, 3.05) is 25.0 Å². The summed E-state index contributed by atoms with van der Waals surface area (Å²) in [4.78, 5) is 48.2. The van der Waals surface area contributed by atoms with Crippen LogP contribution in [0.2, 0.25) is 0 Å². The Morgan fingerprint density at radius 1 is 1.15 bits per heavy atom. The van der Waals surface area contributed by atoms with Gasteiger partial charge in [-0.1, -0.05) is 18.6 Å². The second-order valence-corrected chi connectivity index (χ2v) is 5.77. The van der Waals surface area contributed by atoms with Gasteiger partial charge >= 0.3 is 12.0 Å². The molecule has 2 N–H and O–H groups in total. The Bertz CT molecular complexity index is 695. The first-order valence-corrected chi connectivity index (χ1v) is 8.24. The van der Waals surface area contributed by atoms with E-state index in [1.165, 1.54) is 23.1 Å². The molecule has 9 heteroatoms. The van der Waals surface area contributed by atoms with Crippen molar-refractivity contribution in [1.82, 2.24) is 10.2 Å². The summed E-state index contributed by atoms with van der Waals surface area (Å²) in [5.74, 6) is -2.36. The lowest BCUT2D eigenvalue weighted by atomic mass is 10.2. The summed E-state index contributed by atoms with van der Waals surface area (Å²) in [6, 6.07) is 4.52. The average Bonchev–Trinajstić information content (AvgIpc) is 2.80. The smallest absolute Gasteiger partial charge is 0.326 e. The van der Waals surface area contributed by atoms with Gasteiger partial charge in [0, 0.05) is 13.0 Å². The Hall–Kier alpha value is -2.97. The van der Waals surface area contributed by atoms with Crippen LogP contribution in [0.15, 0.2) is 24.3 Å². The van der Waals surface area contributed by atoms with E-state index in [0.717, 1.165) is 25.3 Å². The number of halogens is 1. The molecule has 1 fully saturated rings. The molecule has 8 nitrogen and oxygen atoms in total. The van der Waals surface area contributed by atoms with Crippen molar-refractivity contribution >= 4 is 29.5 Å². The fourth-order valence-electron chi connectivity index (χ4n) is 2.43.